The lowest BCUT2D eigenvalue weighted by atomic mass is 10.2. The molecule has 0 aliphatic rings. The van der Waals surface area contributed by atoms with Gasteiger partial charge in [-0.3, -0.25) is 9.59 Å². The lowest BCUT2D eigenvalue weighted by molar-refractivity contribution is -0.105. The fourth-order valence-electron chi connectivity index (χ4n) is 1.21. The van der Waals surface area contributed by atoms with Gasteiger partial charge in [0.15, 0.2) is 0 Å². The van der Waals surface area contributed by atoms with Crippen molar-refractivity contribution in [3.8, 4) is 0 Å². The van der Waals surface area contributed by atoms with Crippen LogP contribution >= 0.6 is 0 Å². The van der Waals surface area contributed by atoms with E-state index in [-0.39, 0.29) is 0 Å². The molecule has 0 saturated heterocycles. The van der Waals surface area contributed by atoms with E-state index < -0.39 is 0 Å². The zero-order valence-electron chi connectivity index (χ0n) is 12.4. The number of rotatable bonds is 8. The Bertz CT molecular complexity index is 234. The van der Waals surface area contributed by atoms with Crippen LogP contribution in [-0.4, -0.2) is 12.6 Å². The highest BCUT2D eigenvalue weighted by atomic mass is 16.1. The number of aldehydes is 2. The molecule has 0 N–H and O–H groups in total. The maximum Gasteiger partial charge on any atom is 0.145 e. The molecule has 0 atom stereocenters. The van der Waals surface area contributed by atoms with E-state index in [0.29, 0.717) is 0 Å². The number of allylic oxidation sites excluding steroid dienone is 4. The van der Waals surface area contributed by atoms with Crippen LogP contribution in [0.3, 0.4) is 0 Å². The first kappa shape index (κ1) is 19.2. The number of hydrogen-bond donors (Lipinski definition) is 0. The molecule has 0 aromatic rings. The van der Waals surface area contributed by atoms with E-state index in [2.05, 4.69) is 13.8 Å². The van der Waals surface area contributed by atoms with Gasteiger partial charge in [-0.25, -0.2) is 0 Å². The number of unbranched alkanes of at least 4 members (excludes halogenated alkanes) is 2. The zero-order valence-corrected chi connectivity index (χ0v) is 12.4. The summed E-state index contributed by atoms with van der Waals surface area (Å²) in [7, 11) is 0. The average molecular weight is 252 g/mol. The van der Waals surface area contributed by atoms with Crippen molar-refractivity contribution in [2.75, 3.05) is 0 Å². The van der Waals surface area contributed by atoms with Gasteiger partial charge in [-0.2, -0.15) is 0 Å². The second-order valence-electron chi connectivity index (χ2n) is 4.08. The monoisotopic (exact) mass is 252 g/mol. The van der Waals surface area contributed by atoms with E-state index in [0.717, 1.165) is 62.2 Å². The molecular weight excluding hydrogens is 224 g/mol. The van der Waals surface area contributed by atoms with E-state index in [1.54, 1.807) is 0 Å². The maximum absolute atomic E-state index is 10.2. The van der Waals surface area contributed by atoms with Crippen molar-refractivity contribution in [2.45, 2.75) is 66.2 Å². The summed E-state index contributed by atoms with van der Waals surface area (Å²) in [5.74, 6) is 0. The second kappa shape index (κ2) is 15.8. The fourth-order valence-corrected chi connectivity index (χ4v) is 1.21. The Labute approximate surface area is 112 Å². The molecule has 0 radical (unpaired) electrons. The van der Waals surface area contributed by atoms with E-state index in [9.17, 15) is 9.59 Å². The minimum absolute atomic E-state index is 0.865. The summed E-state index contributed by atoms with van der Waals surface area (Å²) >= 11 is 0. The van der Waals surface area contributed by atoms with Crippen LogP contribution in [-0.2, 0) is 9.59 Å². The quantitative estimate of drug-likeness (QED) is 0.465. The summed E-state index contributed by atoms with van der Waals surface area (Å²) in [6.45, 7) is 8.20. The standard InChI is InChI=1S/2C8H14O/c2*1-3-5-6-8(4-2)7-9/h2*6-7H,3-5H2,1-2H3/b2*8-6-. The van der Waals surface area contributed by atoms with Gasteiger partial charge in [0.05, 0.1) is 0 Å². The molecule has 0 aromatic carbocycles. The van der Waals surface area contributed by atoms with Crippen molar-refractivity contribution in [3.05, 3.63) is 23.3 Å². The maximum atomic E-state index is 10.2. The lowest BCUT2D eigenvalue weighted by Gasteiger charge is -1.90. The van der Waals surface area contributed by atoms with Crippen molar-refractivity contribution in [2.24, 2.45) is 0 Å². The minimum atomic E-state index is 0.865. The summed E-state index contributed by atoms with van der Waals surface area (Å²) in [4.78, 5) is 20.3. The topological polar surface area (TPSA) is 34.1 Å². The van der Waals surface area contributed by atoms with Crippen molar-refractivity contribution < 1.29 is 9.59 Å². The van der Waals surface area contributed by atoms with Crippen molar-refractivity contribution in [1.82, 2.24) is 0 Å². The van der Waals surface area contributed by atoms with Crippen molar-refractivity contribution >= 4 is 12.6 Å². The van der Waals surface area contributed by atoms with E-state index >= 15 is 0 Å². The van der Waals surface area contributed by atoms with Crippen LogP contribution in [0.2, 0.25) is 0 Å². The normalized spacial score (nSPS) is 11.6. The van der Waals surface area contributed by atoms with Crippen LogP contribution in [0.1, 0.15) is 66.2 Å². The van der Waals surface area contributed by atoms with Gasteiger partial charge in [-0.15, -0.1) is 0 Å². The molecular formula is C16H28O2. The molecule has 0 bridgehead atoms. The van der Waals surface area contributed by atoms with Crippen molar-refractivity contribution in [1.29, 1.82) is 0 Å². The van der Waals surface area contributed by atoms with Crippen LogP contribution in [0.15, 0.2) is 23.3 Å². The first-order chi connectivity index (χ1) is 8.69. The summed E-state index contributed by atoms with van der Waals surface area (Å²) in [5.41, 5.74) is 1.86. The molecule has 18 heavy (non-hydrogen) atoms. The molecule has 2 heteroatoms. The molecule has 0 aliphatic carbocycles. The smallest absolute Gasteiger partial charge is 0.145 e. The minimum Gasteiger partial charge on any atom is -0.298 e. The van der Waals surface area contributed by atoms with Gasteiger partial charge in [0.1, 0.15) is 12.6 Å². The van der Waals surface area contributed by atoms with Crippen LogP contribution in [0.25, 0.3) is 0 Å². The third-order valence-electron chi connectivity index (χ3n) is 2.51. The third kappa shape index (κ3) is 12.9. The molecule has 0 fully saturated rings. The number of hydrogen-bond acceptors (Lipinski definition) is 2. The molecule has 0 aliphatic heterocycles. The van der Waals surface area contributed by atoms with Crippen LogP contribution in [0.5, 0.6) is 0 Å². The molecule has 0 amide bonds. The van der Waals surface area contributed by atoms with E-state index in [4.69, 9.17) is 0 Å². The Morgan fingerprint density at radius 3 is 1.22 bits per heavy atom. The highest BCUT2D eigenvalue weighted by Crippen LogP contribution is 1.99. The highest BCUT2D eigenvalue weighted by molar-refractivity contribution is 5.73. The largest absolute Gasteiger partial charge is 0.298 e. The zero-order chi connectivity index (χ0) is 14.2. The average Bonchev–Trinajstić information content (AvgIpc) is 2.42. The fraction of sp³-hybridized carbons (Fsp3) is 0.625. The van der Waals surface area contributed by atoms with Gasteiger partial charge >= 0.3 is 0 Å². The molecule has 104 valence electrons. The van der Waals surface area contributed by atoms with Gasteiger partial charge in [-0.1, -0.05) is 52.7 Å². The van der Waals surface area contributed by atoms with Gasteiger partial charge in [0.2, 0.25) is 0 Å². The first-order valence-electron chi connectivity index (χ1n) is 6.98. The van der Waals surface area contributed by atoms with E-state index in [1.807, 2.05) is 26.0 Å². The summed E-state index contributed by atoms with van der Waals surface area (Å²) in [6.07, 6.45) is 11.9. The first-order valence-corrected chi connectivity index (χ1v) is 6.98. The lowest BCUT2D eigenvalue weighted by Crippen LogP contribution is -1.80. The van der Waals surface area contributed by atoms with Gasteiger partial charge in [0, 0.05) is 0 Å². The summed E-state index contributed by atoms with van der Waals surface area (Å²) in [6, 6.07) is 0. The molecule has 0 aromatic heterocycles. The summed E-state index contributed by atoms with van der Waals surface area (Å²) in [5, 5.41) is 0. The number of carbonyl (C=O) groups is 2. The van der Waals surface area contributed by atoms with Crippen molar-refractivity contribution in [3.63, 3.8) is 0 Å². The Balaban J connectivity index is 0. The van der Waals surface area contributed by atoms with Gasteiger partial charge < -0.3 is 0 Å². The Morgan fingerprint density at radius 2 is 1.06 bits per heavy atom. The van der Waals surface area contributed by atoms with E-state index in [1.165, 1.54) is 0 Å². The predicted octanol–water partition coefficient (Wildman–Crippen LogP) is 4.64. The Kier molecular flexibility index (Phi) is 16.8. The SMILES string of the molecule is CCC/C=C(\C=O)CC.CCC/C=C(\C=O)CC. The number of carbonyl (C=O) groups excluding carboxylic acids is 2. The van der Waals surface area contributed by atoms with Crippen LogP contribution in [0.4, 0.5) is 0 Å². The van der Waals surface area contributed by atoms with Gasteiger partial charge in [0.25, 0.3) is 0 Å². The Morgan fingerprint density at radius 1 is 0.722 bits per heavy atom. The molecule has 0 spiro atoms. The van der Waals surface area contributed by atoms with Crippen LogP contribution in [0, 0.1) is 0 Å². The predicted molar refractivity (Wildman–Crippen MR) is 78.7 cm³/mol. The van der Waals surface area contributed by atoms with Gasteiger partial charge in [-0.05, 0) is 36.8 Å². The summed E-state index contributed by atoms with van der Waals surface area (Å²) < 4.78 is 0. The second-order valence-corrected chi connectivity index (χ2v) is 4.08. The van der Waals surface area contributed by atoms with Crippen LogP contribution < -0.4 is 0 Å². The molecule has 2 nitrogen and oxygen atoms in total. The Hall–Kier alpha value is -1.18. The highest BCUT2D eigenvalue weighted by Gasteiger charge is 1.87. The molecule has 0 rings (SSSR count). The molecule has 0 unspecified atom stereocenters. The molecule has 0 saturated carbocycles. The third-order valence-corrected chi connectivity index (χ3v) is 2.51. The molecule has 0 heterocycles.